The third kappa shape index (κ3) is 3.75. The number of hydrogen-bond donors (Lipinski definition) is 1. The smallest absolute Gasteiger partial charge is 0.126 e. The number of likely N-dealkylation sites (N-methyl/N-ethyl adjacent to an activating group) is 1. The zero-order valence-electron chi connectivity index (χ0n) is 11.8. The van der Waals surface area contributed by atoms with Crippen LogP contribution in [0.1, 0.15) is 38.2 Å². The lowest BCUT2D eigenvalue weighted by Crippen LogP contribution is -2.34. The molecule has 1 N–H and O–H groups in total. The summed E-state index contributed by atoms with van der Waals surface area (Å²) in [5.74, 6) is 0.483. The highest BCUT2D eigenvalue weighted by atomic mass is 19.1. The van der Waals surface area contributed by atoms with Crippen molar-refractivity contribution in [2.45, 2.75) is 45.1 Å². The molecule has 1 nitrogen and oxygen atoms in total. The van der Waals surface area contributed by atoms with Gasteiger partial charge in [0.05, 0.1) is 0 Å². The summed E-state index contributed by atoms with van der Waals surface area (Å²) >= 11 is 0. The van der Waals surface area contributed by atoms with E-state index >= 15 is 0 Å². The van der Waals surface area contributed by atoms with Crippen molar-refractivity contribution in [2.24, 2.45) is 11.8 Å². The van der Waals surface area contributed by atoms with E-state index in [1.807, 2.05) is 7.05 Å². The third-order valence-electron chi connectivity index (χ3n) is 4.48. The second-order valence-electron chi connectivity index (χ2n) is 5.72. The number of rotatable bonds is 5. The van der Waals surface area contributed by atoms with Crippen molar-refractivity contribution in [3.8, 4) is 0 Å². The summed E-state index contributed by atoms with van der Waals surface area (Å²) in [6.07, 6.45) is 5.69. The Kier molecular flexibility index (Phi) is 4.92. The first-order valence-electron chi connectivity index (χ1n) is 7.24. The van der Waals surface area contributed by atoms with Gasteiger partial charge in [-0.05, 0) is 55.8 Å². The highest BCUT2D eigenvalue weighted by Crippen LogP contribution is 2.35. The summed E-state index contributed by atoms with van der Waals surface area (Å²) < 4.78 is 26.4. The number of hydrogen-bond acceptors (Lipinski definition) is 1. The normalized spacial score (nSPS) is 24.6. The lowest BCUT2D eigenvalue weighted by atomic mass is 9.91. The van der Waals surface area contributed by atoms with Gasteiger partial charge in [-0.3, -0.25) is 0 Å². The van der Waals surface area contributed by atoms with Gasteiger partial charge in [0.1, 0.15) is 11.6 Å². The minimum Gasteiger partial charge on any atom is -0.316 e. The molecule has 1 aromatic carbocycles. The first-order valence-corrected chi connectivity index (χ1v) is 7.24. The lowest BCUT2D eigenvalue weighted by Gasteiger charge is -2.23. The second kappa shape index (κ2) is 6.47. The van der Waals surface area contributed by atoms with Gasteiger partial charge in [-0.1, -0.05) is 19.8 Å². The Morgan fingerprint density at radius 2 is 1.89 bits per heavy atom. The van der Waals surface area contributed by atoms with E-state index in [0.29, 0.717) is 18.4 Å². The van der Waals surface area contributed by atoms with Crippen LogP contribution in [0.15, 0.2) is 18.2 Å². The Hall–Kier alpha value is -0.960. The molecule has 0 saturated heterocycles. The number of halogens is 2. The maximum atomic E-state index is 13.2. The van der Waals surface area contributed by atoms with Gasteiger partial charge >= 0.3 is 0 Å². The van der Waals surface area contributed by atoms with Crippen molar-refractivity contribution in [3.05, 3.63) is 35.4 Å². The van der Waals surface area contributed by atoms with E-state index in [4.69, 9.17) is 0 Å². The van der Waals surface area contributed by atoms with E-state index in [0.717, 1.165) is 17.5 Å². The molecule has 0 aromatic heterocycles. The Morgan fingerprint density at radius 1 is 1.21 bits per heavy atom. The summed E-state index contributed by atoms with van der Waals surface area (Å²) in [7, 11) is 1.94. The molecule has 0 radical (unpaired) electrons. The van der Waals surface area contributed by atoms with Crippen LogP contribution in [0, 0.1) is 23.5 Å². The van der Waals surface area contributed by atoms with Crippen molar-refractivity contribution in [1.82, 2.24) is 5.32 Å². The molecule has 1 aliphatic carbocycles. The van der Waals surface area contributed by atoms with Crippen LogP contribution >= 0.6 is 0 Å². The molecule has 1 aliphatic rings. The SMILES string of the molecule is CCC1CCC(C(Cc2cc(F)cc(F)c2)NC)C1. The molecule has 1 saturated carbocycles. The molecule has 1 aromatic rings. The number of benzene rings is 1. The van der Waals surface area contributed by atoms with Gasteiger partial charge < -0.3 is 5.32 Å². The third-order valence-corrected chi connectivity index (χ3v) is 4.48. The minimum absolute atomic E-state index is 0.317. The van der Waals surface area contributed by atoms with Gasteiger partial charge in [0.15, 0.2) is 0 Å². The fourth-order valence-electron chi connectivity index (χ4n) is 3.34. The van der Waals surface area contributed by atoms with Crippen molar-refractivity contribution in [3.63, 3.8) is 0 Å². The van der Waals surface area contributed by atoms with Crippen LogP contribution in [0.3, 0.4) is 0 Å². The lowest BCUT2D eigenvalue weighted by molar-refractivity contribution is 0.361. The zero-order chi connectivity index (χ0) is 13.8. The summed E-state index contributed by atoms with van der Waals surface area (Å²) in [5, 5.41) is 3.33. The maximum Gasteiger partial charge on any atom is 0.126 e. The van der Waals surface area contributed by atoms with Crippen LogP contribution in [0.5, 0.6) is 0 Å². The van der Waals surface area contributed by atoms with Gasteiger partial charge in [0.2, 0.25) is 0 Å². The Morgan fingerprint density at radius 3 is 2.42 bits per heavy atom. The van der Waals surface area contributed by atoms with Gasteiger partial charge in [0.25, 0.3) is 0 Å². The average molecular weight is 267 g/mol. The molecule has 106 valence electrons. The summed E-state index contributed by atoms with van der Waals surface area (Å²) in [4.78, 5) is 0. The number of nitrogens with one attached hydrogen (secondary N) is 1. The van der Waals surface area contributed by atoms with Crippen molar-refractivity contribution < 1.29 is 8.78 Å². The quantitative estimate of drug-likeness (QED) is 0.852. The molecular weight excluding hydrogens is 244 g/mol. The highest BCUT2D eigenvalue weighted by molar-refractivity contribution is 5.19. The van der Waals surface area contributed by atoms with Gasteiger partial charge in [-0.2, -0.15) is 0 Å². The molecule has 3 heteroatoms. The van der Waals surface area contributed by atoms with E-state index in [2.05, 4.69) is 12.2 Å². The largest absolute Gasteiger partial charge is 0.316 e. The van der Waals surface area contributed by atoms with Crippen LogP contribution in [0.2, 0.25) is 0 Å². The van der Waals surface area contributed by atoms with Crippen LogP contribution < -0.4 is 5.32 Å². The van der Waals surface area contributed by atoms with Gasteiger partial charge in [0, 0.05) is 12.1 Å². The summed E-state index contributed by atoms with van der Waals surface area (Å²) in [6, 6.07) is 4.14. The van der Waals surface area contributed by atoms with Crippen molar-refractivity contribution in [2.75, 3.05) is 7.05 Å². The van der Waals surface area contributed by atoms with Crippen LogP contribution in [0.4, 0.5) is 8.78 Å². The molecule has 19 heavy (non-hydrogen) atoms. The predicted molar refractivity (Wildman–Crippen MR) is 74.0 cm³/mol. The predicted octanol–water partition coefficient (Wildman–Crippen LogP) is 3.92. The average Bonchev–Trinajstić information content (AvgIpc) is 2.83. The first kappa shape index (κ1) is 14.4. The molecule has 2 rings (SSSR count). The Labute approximate surface area is 114 Å². The van der Waals surface area contributed by atoms with E-state index < -0.39 is 11.6 Å². The molecular formula is C16H23F2N. The Bertz CT molecular complexity index is 399. The first-order chi connectivity index (χ1) is 9.12. The van der Waals surface area contributed by atoms with Crippen LogP contribution in [-0.2, 0) is 6.42 Å². The van der Waals surface area contributed by atoms with Gasteiger partial charge in [-0.15, -0.1) is 0 Å². The molecule has 0 bridgehead atoms. The van der Waals surface area contributed by atoms with E-state index in [-0.39, 0.29) is 0 Å². The Balaban J connectivity index is 2.02. The fraction of sp³-hybridized carbons (Fsp3) is 0.625. The second-order valence-corrected chi connectivity index (χ2v) is 5.72. The van der Waals surface area contributed by atoms with E-state index in [1.165, 1.54) is 37.8 Å². The minimum atomic E-state index is -0.484. The molecule has 0 heterocycles. The van der Waals surface area contributed by atoms with Crippen molar-refractivity contribution >= 4 is 0 Å². The maximum absolute atomic E-state index is 13.2. The molecule has 3 atom stereocenters. The van der Waals surface area contributed by atoms with Crippen LogP contribution in [0.25, 0.3) is 0 Å². The van der Waals surface area contributed by atoms with Gasteiger partial charge in [-0.25, -0.2) is 8.78 Å². The molecule has 1 fully saturated rings. The van der Waals surface area contributed by atoms with E-state index in [1.54, 1.807) is 0 Å². The van der Waals surface area contributed by atoms with Crippen LogP contribution in [-0.4, -0.2) is 13.1 Å². The zero-order valence-corrected chi connectivity index (χ0v) is 11.8. The molecule has 3 unspecified atom stereocenters. The summed E-state index contributed by atoms with van der Waals surface area (Å²) in [5.41, 5.74) is 0.747. The highest BCUT2D eigenvalue weighted by Gasteiger charge is 2.29. The molecule has 0 spiro atoms. The standard InChI is InChI=1S/C16H23F2N/c1-3-11-4-5-13(6-11)16(19-2)9-12-7-14(17)10-15(18)8-12/h7-8,10-11,13,16,19H,3-6,9H2,1-2H3. The molecule has 0 amide bonds. The molecule has 0 aliphatic heterocycles. The topological polar surface area (TPSA) is 12.0 Å². The monoisotopic (exact) mass is 267 g/mol. The fourth-order valence-corrected chi connectivity index (χ4v) is 3.34. The van der Waals surface area contributed by atoms with Crippen molar-refractivity contribution in [1.29, 1.82) is 0 Å². The van der Waals surface area contributed by atoms with E-state index in [9.17, 15) is 8.78 Å². The summed E-state index contributed by atoms with van der Waals surface area (Å²) in [6.45, 7) is 2.24.